The fraction of sp³-hybridized carbons (Fsp3) is 0.300. The molecule has 2 aromatic carbocycles. The fourth-order valence-corrected chi connectivity index (χ4v) is 2.91. The first-order chi connectivity index (χ1) is 12.9. The van der Waals surface area contributed by atoms with E-state index in [1.165, 1.54) is 6.92 Å². The Labute approximate surface area is 168 Å². The van der Waals surface area contributed by atoms with Gasteiger partial charge in [0.15, 0.2) is 6.10 Å². The van der Waals surface area contributed by atoms with Gasteiger partial charge in [-0.2, -0.15) is 0 Å². The SMILES string of the molecule is C[C@H](OC(=O)CCOc1ccccc1)C(=O)N[C@H](C)c1ccc(Cl)cc1Cl. The van der Waals surface area contributed by atoms with Crippen molar-refractivity contribution in [3.63, 3.8) is 0 Å². The molecule has 0 saturated carbocycles. The standard InChI is InChI=1S/C20H21Cl2NO4/c1-13(17-9-8-15(21)12-18(17)22)23-20(25)14(2)27-19(24)10-11-26-16-6-4-3-5-7-16/h3-9,12-14H,10-11H2,1-2H3,(H,23,25)/t13-,14+/m1/s1. The van der Waals surface area contributed by atoms with E-state index in [-0.39, 0.29) is 19.1 Å². The van der Waals surface area contributed by atoms with Crippen molar-refractivity contribution in [3.05, 3.63) is 64.1 Å². The average molecular weight is 410 g/mol. The Hall–Kier alpha value is -2.24. The van der Waals surface area contributed by atoms with Crippen LogP contribution in [0.4, 0.5) is 0 Å². The predicted octanol–water partition coefficient (Wildman–Crippen LogP) is 4.57. The van der Waals surface area contributed by atoms with Crippen LogP contribution in [-0.2, 0) is 14.3 Å². The smallest absolute Gasteiger partial charge is 0.310 e. The molecule has 2 rings (SSSR count). The minimum absolute atomic E-state index is 0.0467. The maximum Gasteiger partial charge on any atom is 0.310 e. The van der Waals surface area contributed by atoms with Crippen LogP contribution in [0.3, 0.4) is 0 Å². The van der Waals surface area contributed by atoms with Gasteiger partial charge in [0.2, 0.25) is 0 Å². The van der Waals surface area contributed by atoms with E-state index in [1.54, 1.807) is 37.3 Å². The summed E-state index contributed by atoms with van der Waals surface area (Å²) in [4.78, 5) is 24.1. The molecule has 1 amide bonds. The largest absolute Gasteiger partial charge is 0.493 e. The molecule has 144 valence electrons. The number of nitrogens with one attached hydrogen (secondary N) is 1. The molecule has 2 atom stereocenters. The van der Waals surface area contributed by atoms with E-state index >= 15 is 0 Å². The van der Waals surface area contributed by atoms with Gasteiger partial charge in [-0.15, -0.1) is 0 Å². The van der Waals surface area contributed by atoms with Crippen molar-refractivity contribution < 1.29 is 19.1 Å². The summed E-state index contributed by atoms with van der Waals surface area (Å²) in [7, 11) is 0. The summed E-state index contributed by atoms with van der Waals surface area (Å²) >= 11 is 12.0. The highest BCUT2D eigenvalue weighted by molar-refractivity contribution is 6.35. The molecular formula is C20H21Cl2NO4. The van der Waals surface area contributed by atoms with Gasteiger partial charge in [0.05, 0.1) is 19.1 Å². The Bertz CT molecular complexity index is 783. The lowest BCUT2D eigenvalue weighted by molar-refractivity contribution is -0.155. The summed E-state index contributed by atoms with van der Waals surface area (Å²) in [5.74, 6) is -0.249. The molecule has 0 aliphatic carbocycles. The third-order valence-electron chi connectivity index (χ3n) is 3.78. The third-order valence-corrected chi connectivity index (χ3v) is 4.35. The van der Waals surface area contributed by atoms with E-state index in [0.717, 1.165) is 5.56 Å². The molecule has 0 radical (unpaired) electrons. The fourth-order valence-electron chi connectivity index (χ4n) is 2.34. The zero-order valence-electron chi connectivity index (χ0n) is 15.1. The van der Waals surface area contributed by atoms with E-state index in [1.807, 2.05) is 18.2 Å². The van der Waals surface area contributed by atoms with Crippen LogP contribution in [0, 0.1) is 0 Å². The molecule has 1 N–H and O–H groups in total. The van der Waals surface area contributed by atoms with E-state index in [0.29, 0.717) is 15.8 Å². The molecule has 7 heteroatoms. The lowest BCUT2D eigenvalue weighted by Gasteiger charge is -2.19. The lowest BCUT2D eigenvalue weighted by Crippen LogP contribution is -2.37. The molecule has 0 heterocycles. The lowest BCUT2D eigenvalue weighted by atomic mass is 10.1. The molecule has 0 spiro atoms. The Morgan fingerprint density at radius 3 is 2.44 bits per heavy atom. The Morgan fingerprint density at radius 2 is 1.78 bits per heavy atom. The normalized spacial score (nSPS) is 12.7. The van der Waals surface area contributed by atoms with Crippen molar-refractivity contribution in [2.75, 3.05) is 6.61 Å². The van der Waals surface area contributed by atoms with Gasteiger partial charge in [0.1, 0.15) is 5.75 Å². The van der Waals surface area contributed by atoms with Crippen molar-refractivity contribution >= 4 is 35.1 Å². The van der Waals surface area contributed by atoms with Gasteiger partial charge in [-0.25, -0.2) is 0 Å². The van der Waals surface area contributed by atoms with Gasteiger partial charge in [-0.3, -0.25) is 9.59 Å². The van der Waals surface area contributed by atoms with E-state index in [4.69, 9.17) is 32.7 Å². The Morgan fingerprint density at radius 1 is 1.07 bits per heavy atom. The quantitative estimate of drug-likeness (QED) is 0.648. The average Bonchev–Trinajstić information content (AvgIpc) is 2.62. The number of ether oxygens (including phenoxy) is 2. The maximum absolute atomic E-state index is 12.2. The summed E-state index contributed by atoms with van der Waals surface area (Å²) in [6.45, 7) is 3.48. The number of halogens is 2. The highest BCUT2D eigenvalue weighted by Gasteiger charge is 2.21. The summed E-state index contributed by atoms with van der Waals surface area (Å²) in [6.07, 6.45) is -0.881. The van der Waals surface area contributed by atoms with Gasteiger partial charge in [0, 0.05) is 10.0 Å². The number of carbonyl (C=O) groups excluding carboxylic acids is 2. The maximum atomic E-state index is 12.2. The highest BCUT2D eigenvalue weighted by atomic mass is 35.5. The van der Waals surface area contributed by atoms with Crippen molar-refractivity contribution in [3.8, 4) is 5.75 Å². The van der Waals surface area contributed by atoms with Crippen molar-refractivity contribution in [2.24, 2.45) is 0 Å². The topological polar surface area (TPSA) is 64.6 Å². The van der Waals surface area contributed by atoms with Gasteiger partial charge >= 0.3 is 5.97 Å². The minimum Gasteiger partial charge on any atom is -0.493 e. The van der Waals surface area contributed by atoms with Gasteiger partial charge in [-0.05, 0) is 43.7 Å². The van der Waals surface area contributed by atoms with Crippen LogP contribution < -0.4 is 10.1 Å². The first kappa shape index (κ1) is 21.1. The number of para-hydroxylation sites is 1. The zero-order chi connectivity index (χ0) is 19.8. The number of rotatable bonds is 8. The summed E-state index contributed by atoms with van der Waals surface area (Å²) in [5, 5.41) is 3.74. The predicted molar refractivity (Wildman–Crippen MR) is 105 cm³/mol. The van der Waals surface area contributed by atoms with Gasteiger partial charge < -0.3 is 14.8 Å². The molecule has 0 aliphatic rings. The molecular weight excluding hydrogens is 389 g/mol. The van der Waals surface area contributed by atoms with Crippen LogP contribution >= 0.6 is 23.2 Å². The number of carbonyl (C=O) groups is 2. The highest BCUT2D eigenvalue weighted by Crippen LogP contribution is 2.26. The second-order valence-corrected chi connectivity index (χ2v) is 6.78. The third kappa shape index (κ3) is 6.77. The summed E-state index contributed by atoms with van der Waals surface area (Å²) in [6, 6.07) is 13.8. The van der Waals surface area contributed by atoms with Crippen LogP contribution in [0.15, 0.2) is 48.5 Å². The molecule has 0 saturated heterocycles. The van der Waals surface area contributed by atoms with Gasteiger partial charge in [0.25, 0.3) is 5.91 Å². The van der Waals surface area contributed by atoms with Gasteiger partial charge in [-0.1, -0.05) is 47.5 Å². The van der Waals surface area contributed by atoms with Crippen molar-refractivity contribution in [1.29, 1.82) is 0 Å². The number of benzene rings is 2. The molecule has 0 unspecified atom stereocenters. The second kappa shape index (κ2) is 10.2. The van der Waals surface area contributed by atoms with E-state index in [2.05, 4.69) is 5.32 Å². The monoisotopic (exact) mass is 409 g/mol. The molecule has 2 aromatic rings. The zero-order valence-corrected chi connectivity index (χ0v) is 16.6. The van der Waals surface area contributed by atoms with Crippen molar-refractivity contribution in [2.45, 2.75) is 32.4 Å². The molecule has 5 nitrogen and oxygen atoms in total. The van der Waals surface area contributed by atoms with Crippen molar-refractivity contribution in [1.82, 2.24) is 5.32 Å². The minimum atomic E-state index is -0.928. The summed E-state index contributed by atoms with van der Waals surface area (Å²) in [5.41, 5.74) is 0.726. The van der Waals surface area contributed by atoms with Crippen LogP contribution in [0.25, 0.3) is 0 Å². The molecule has 0 aromatic heterocycles. The Kier molecular flexibility index (Phi) is 7.95. The Balaban J connectivity index is 1.77. The van der Waals surface area contributed by atoms with Crippen LogP contribution in [0.5, 0.6) is 5.75 Å². The van der Waals surface area contributed by atoms with E-state index < -0.39 is 18.0 Å². The summed E-state index contributed by atoms with van der Waals surface area (Å²) < 4.78 is 10.6. The number of hydrogen-bond donors (Lipinski definition) is 1. The first-order valence-corrected chi connectivity index (χ1v) is 9.25. The van der Waals surface area contributed by atoms with E-state index in [9.17, 15) is 9.59 Å². The number of hydrogen-bond acceptors (Lipinski definition) is 4. The number of esters is 1. The molecule has 0 aliphatic heterocycles. The molecule has 0 bridgehead atoms. The van der Waals surface area contributed by atoms with Crippen LogP contribution in [-0.4, -0.2) is 24.6 Å². The first-order valence-electron chi connectivity index (χ1n) is 8.49. The second-order valence-electron chi connectivity index (χ2n) is 5.94. The molecule has 0 fully saturated rings. The van der Waals surface area contributed by atoms with Crippen LogP contribution in [0.2, 0.25) is 10.0 Å². The van der Waals surface area contributed by atoms with Crippen LogP contribution in [0.1, 0.15) is 31.9 Å². The molecule has 27 heavy (non-hydrogen) atoms. The number of amides is 1.